The average molecular weight is 154 g/mol. The third-order valence-electron chi connectivity index (χ3n) is 1.34. The molecule has 2 atom stereocenters. The van der Waals surface area contributed by atoms with E-state index < -0.39 is 10.4 Å². The lowest BCUT2D eigenvalue weighted by molar-refractivity contribution is 0.196. The number of aliphatic hydroxyl groups is 1. The van der Waals surface area contributed by atoms with Gasteiger partial charge in [0.05, 0.1) is 6.10 Å². The van der Waals surface area contributed by atoms with Gasteiger partial charge in [0.15, 0.2) is 0 Å². The van der Waals surface area contributed by atoms with Gasteiger partial charge in [-0.1, -0.05) is 0 Å². The summed E-state index contributed by atoms with van der Waals surface area (Å²) in [4.78, 5) is 0. The topological polar surface area (TPSA) is 20.2 Å². The Morgan fingerprint density at radius 1 is 1.75 bits per heavy atom. The van der Waals surface area contributed by atoms with Gasteiger partial charge in [-0.25, -0.2) is 0 Å². The fourth-order valence-corrected chi connectivity index (χ4v) is 1.28. The lowest BCUT2D eigenvalue weighted by Gasteiger charge is -2.00. The third-order valence-corrected chi connectivity index (χ3v) is 2.21. The number of alkyl halides is 2. The number of aliphatic hydroxyl groups excluding tert-OH is 1. The minimum Gasteiger partial charge on any atom is -0.393 e. The molecule has 1 aliphatic rings. The van der Waals surface area contributed by atoms with Crippen LogP contribution < -0.4 is 0 Å². The summed E-state index contributed by atoms with van der Waals surface area (Å²) in [5, 5.41) is 8.75. The highest BCUT2D eigenvalue weighted by Gasteiger charge is 2.54. The summed E-state index contributed by atoms with van der Waals surface area (Å²) >= 11 is 11.1. The number of hydrogen-bond donors (Lipinski definition) is 1. The molecule has 0 bridgehead atoms. The molecule has 1 fully saturated rings. The minimum absolute atomic E-state index is 0.00849. The Labute approximate surface area is 58.6 Å². The zero-order valence-electron chi connectivity index (χ0n) is 4.27. The van der Waals surface area contributed by atoms with E-state index in [1.165, 1.54) is 0 Å². The Kier molecular flexibility index (Phi) is 1.46. The lowest BCUT2D eigenvalue weighted by atomic mass is 10.3. The summed E-state index contributed by atoms with van der Waals surface area (Å²) in [6, 6.07) is 0. The van der Waals surface area contributed by atoms with Crippen molar-refractivity contribution in [2.24, 2.45) is 5.92 Å². The lowest BCUT2D eigenvalue weighted by Crippen LogP contribution is -2.07. The second kappa shape index (κ2) is 1.76. The summed E-state index contributed by atoms with van der Waals surface area (Å²) in [6.07, 6.45) is 0.0610. The largest absolute Gasteiger partial charge is 0.393 e. The van der Waals surface area contributed by atoms with Gasteiger partial charge in [-0.2, -0.15) is 0 Å². The first-order valence-corrected chi connectivity index (χ1v) is 3.18. The predicted molar refractivity (Wildman–Crippen MR) is 33.9 cm³/mol. The molecule has 0 heterocycles. The summed E-state index contributed by atoms with van der Waals surface area (Å²) in [6.45, 7) is 3.38. The normalized spacial score (nSPS) is 36.8. The van der Waals surface area contributed by atoms with Crippen LogP contribution in [0.3, 0.4) is 0 Å². The monoisotopic (exact) mass is 153 g/mol. The molecule has 1 radical (unpaired) electrons. The van der Waals surface area contributed by atoms with Crippen molar-refractivity contribution in [1.29, 1.82) is 0 Å². The molecule has 0 aromatic rings. The van der Waals surface area contributed by atoms with Crippen LogP contribution in [-0.2, 0) is 0 Å². The molecule has 1 saturated carbocycles. The van der Waals surface area contributed by atoms with Crippen molar-refractivity contribution >= 4 is 23.2 Å². The first-order chi connectivity index (χ1) is 3.54. The molecule has 0 saturated heterocycles. The van der Waals surface area contributed by atoms with Gasteiger partial charge in [0, 0.05) is 5.92 Å². The van der Waals surface area contributed by atoms with E-state index in [0.717, 1.165) is 0 Å². The van der Waals surface area contributed by atoms with Crippen molar-refractivity contribution in [2.75, 3.05) is 0 Å². The molecule has 0 spiro atoms. The van der Waals surface area contributed by atoms with Crippen LogP contribution in [0.15, 0.2) is 0 Å². The van der Waals surface area contributed by atoms with Crippen molar-refractivity contribution < 1.29 is 5.11 Å². The van der Waals surface area contributed by atoms with Gasteiger partial charge < -0.3 is 5.11 Å². The average Bonchev–Trinajstić information content (AvgIpc) is 2.13. The third kappa shape index (κ3) is 1.09. The SMILES string of the molecule is [CH2]C(O)C1CC1(Cl)Cl. The molecule has 47 valence electrons. The van der Waals surface area contributed by atoms with Crippen molar-refractivity contribution in [3.8, 4) is 0 Å². The molecule has 3 heteroatoms. The van der Waals surface area contributed by atoms with E-state index in [-0.39, 0.29) is 5.92 Å². The van der Waals surface area contributed by atoms with Crippen LogP contribution in [0.1, 0.15) is 6.42 Å². The van der Waals surface area contributed by atoms with Crippen LogP contribution in [0.2, 0.25) is 0 Å². The molecule has 1 nitrogen and oxygen atoms in total. The molecule has 1 rings (SSSR count). The van der Waals surface area contributed by atoms with Crippen LogP contribution in [0.4, 0.5) is 0 Å². The number of rotatable bonds is 1. The Balaban J connectivity index is 2.37. The summed E-state index contributed by atoms with van der Waals surface area (Å²) < 4.78 is -0.679. The van der Waals surface area contributed by atoms with Gasteiger partial charge in [-0.05, 0) is 13.3 Å². The highest BCUT2D eigenvalue weighted by atomic mass is 35.5. The maximum Gasteiger partial charge on any atom is 0.124 e. The molecule has 8 heavy (non-hydrogen) atoms. The van der Waals surface area contributed by atoms with Crippen LogP contribution in [0.25, 0.3) is 0 Å². The van der Waals surface area contributed by atoms with Crippen molar-refractivity contribution in [2.45, 2.75) is 16.9 Å². The quantitative estimate of drug-likeness (QED) is 0.565. The summed E-state index contributed by atoms with van der Waals surface area (Å²) in [5.74, 6) is -0.00849. The Bertz CT molecular complexity index is 101. The van der Waals surface area contributed by atoms with Crippen LogP contribution in [-0.4, -0.2) is 15.5 Å². The fourth-order valence-electron chi connectivity index (χ4n) is 0.652. The highest BCUT2D eigenvalue weighted by Crippen LogP contribution is 2.54. The standard InChI is InChI=1S/C5H7Cl2O/c1-3(8)4-2-5(4,6)7/h3-4,8H,1-2H2. The molecular weight excluding hydrogens is 147 g/mol. The van der Waals surface area contributed by atoms with E-state index in [9.17, 15) is 0 Å². The Hall–Kier alpha value is 0.540. The predicted octanol–water partition coefficient (Wildman–Crippen LogP) is 1.38. The molecule has 1 N–H and O–H groups in total. The molecule has 1 aliphatic carbocycles. The molecule has 0 aromatic carbocycles. The smallest absolute Gasteiger partial charge is 0.124 e. The molecular formula is C5H7Cl2O. The van der Waals surface area contributed by atoms with Gasteiger partial charge in [0.25, 0.3) is 0 Å². The van der Waals surface area contributed by atoms with Crippen LogP contribution in [0, 0.1) is 12.8 Å². The molecule has 0 aromatic heterocycles. The first-order valence-electron chi connectivity index (χ1n) is 2.43. The van der Waals surface area contributed by atoms with Gasteiger partial charge in [0.1, 0.15) is 4.33 Å². The summed E-state index contributed by atoms with van der Waals surface area (Å²) in [7, 11) is 0. The van der Waals surface area contributed by atoms with E-state index in [1.54, 1.807) is 0 Å². The minimum atomic E-state index is -0.679. The summed E-state index contributed by atoms with van der Waals surface area (Å²) in [5.41, 5.74) is 0. The number of hydrogen-bond acceptors (Lipinski definition) is 1. The van der Waals surface area contributed by atoms with Crippen LogP contribution in [0.5, 0.6) is 0 Å². The number of halogens is 2. The van der Waals surface area contributed by atoms with Gasteiger partial charge >= 0.3 is 0 Å². The fraction of sp³-hybridized carbons (Fsp3) is 0.800. The molecule has 0 aliphatic heterocycles. The first kappa shape index (κ1) is 6.66. The highest BCUT2D eigenvalue weighted by molar-refractivity contribution is 6.50. The molecule has 0 amide bonds. The zero-order valence-corrected chi connectivity index (χ0v) is 5.78. The van der Waals surface area contributed by atoms with Crippen molar-refractivity contribution in [3.05, 3.63) is 6.92 Å². The Morgan fingerprint density at radius 3 is 2.12 bits per heavy atom. The maximum absolute atomic E-state index is 8.75. The van der Waals surface area contributed by atoms with Crippen LogP contribution >= 0.6 is 23.2 Å². The second-order valence-corrected chi connectivity index (χ2v) is 3.68. The van der Waals surface area contributed by atoms with Gasteiger partial charge in [-0.3, -0.25) is 0 Å². The Morgan fingerprint density at radius 2 is 2.12 bits per heavy atom. The zero-order chi connectivity index (χ0) is 6.36. The van der Waals surface area contributed by atoms with E-state index in [2.05, 4.69) is 6.92 Å². The van der Waals surface area contributed by atoms with E-state index in [1.807, 2.05) is 0 Å². The van der Waals surface area contributed by atoms with E-state index in [4.69, 9.17) is 28.3 Å². The van der Waals surface area contributed by atoms with Gasteiger partial charge in [0.2, 0.25) is 0 Å². The second-order valence-electron chi connectivity index (χ2n) is 2.14. The maximum atomic E-state index is 8.75. The van der Waals surface area contributed by atoms with E-state index >= 15 is 0 Å². The van der Waals surface area contributed by atoms with E-state index in [0.29, 0.717) is 6.42 Å². The van der Waals surface area contributed by atoms with Crippen molar-refractivity contribution in [1.82, 2.24) is 0 Å². The molecule has 2 unspecified atom stereocenters. The van der Waals surface area contributed by atoms with Gasteiger partial charge in [-0.15, -0.1) is 23.2 Å². The van der Waals surface area contributed by atoms with Crippen molar-refractivity contribution in [3.63, 3.8) is 0 Å².